The van der Waals surface area contributed by atoms with Crippen LogP contribution in [0.5, 0.6) is 0 Å². The fourth-order valence-electron chi connectivity index (χ4n) is 1.79. The van der Waals surface area contributed by atoms with E-state index in [1.54, 1.807) is 11.8 Å². The molecule has 0 aliphatic rings. The average Bonchev–Trinajstić information content (AvgIpc) is 2.44. The van der Waals surface area contributed by atoms with Crippen molar-refractivity contribution in [1.29, 1.82) is 0 Å². The van der Waals surface area contributed by atoms with Crippen molar-refractivity contribution in [1.82, 2.24) is 0 Å². The zero-order valence-corrected chi connectivity index (χ0v) is 14.6. The van der Waals surface area contributed by atoms with Gasteiger partial charge in [-0.2, -0.15) is 0 Å². The van der Waals surface area contributed by atoms with E-state index < -0.39 is 0 Å². The molecule has 0 spiro atoms. The summed E-state index contributed by atoms with van der Waals surface area (Å²) in [6.45, 7) is 2.19. The van der Waals surface area contributed by atoms with Gasteiger partial charge in [0.25, 0.3) is 0 Å². The van der Waals surface area contributed by atoms with E-state index in [1.165, 1.54) is 24.2 Å². The molecule has 0 bridgehead atoms. The molecule has 1 nitrogen and oxygen atoms in total. The van der Waals surface area contributed by atoms with Gasteiger partial charge in [0.05, 0.1) is 0 Å². The minimum Gasteiger partial charge on any atom is -0.876 e. The maximum absolute atomic E-state index is 11.6. The molecule has 106 valence electrons. The van der Waals surface area contributed by atoms with E-state index in [-0.39, 0.29) is 37.7 Å². The molecule has 0 unspecified atom stereocenters. The summed E-state index contributed by atoms with van der Waals surface area (Å²) in [6.07, 6.45) is 9.11. The van der Waals surface area contributed by atoms with E-state index >= 15 is 0 Å². The zero-order chi connectivity index (χ0) is 13.8. The van der Waals surface area contributed by atoms with Crippen LogP contribution in [0.25, 0.3) is 0 Å². The molecule has 2 radical (unpaired) electrons. The maximum Gasteiger partial charge on any atom is 1.00 e. The molecule has 0 aromatic heterocycles. The van der Waals surface area contributed by atoms with Crippen molar-refractivity contribution in [2.24, 2.45) is 0 Å². The smallest absolute Gasteiger partial charge is 0.876 e. The van der Waals surface area contributed by atoms with Crippen LogP contribution >= 0.6 is 11.8 Å². The third-order valence-corrected chi connectivity index (χ3v) is 3.84. The first-order valence-electron chi connectivity index (χ1n) is 7.22. The Morgan fingerprint density at radius 3 is 2.48 bits per heavy atom. The molecular formula is C17H24Li2OS. The maximum atomic E-state index is 11.6. The molecule has 0 fully saturated rings. The fraction of sp³-hybridized carbons (Fsp3) is 0.471. The third-order valence-electron chi connectivity index (χ3n) is 2.90. The Morgan fingerprint density at radius 2 is 1.81 bits per heavy atom. The minimum atomic E-state index is 0. The predicted molar refractivity (Wildman–Crippen MR) is 88.4 cm³/mol. The topological polar surface area (TPSA) is 23.1 Å². The van der Waals surface area contributed by atoms with E-state index in [0.717, 1.165) is 25.7 Å². The van der Waals surface area contributed by atoms with Crippen molar-refractivity contribution in [3.63, 3.8) is 0 Å². The third kappa shape index (κ3) is 13.7. The Labute approximate surface area is 158 Å². The SMILES string of the molecule is CCCCCC/C([O-])=C/CC[CH]Sc1ccccc1.[Li+].[Li]. The van der Waals surface area contributed by atoms with Gasteiger partial charge in [0.1, 0.15) is 0 Å². The Morgan fingerprint density at radius 1 is 1.10 bits per heavy atom. The Hall–Kier alpha value is 0.305. The summed E-state index contributed by atoms with van der Waals surface area (Å²) >= 11 is 1.74. The standard InChI is InChI=1S/C17H25OS.2Li/c1-2-3-4-6-11-16(18)12-9-10-15-19-17-13-7-5-8-14-17;;/h5,7-8,12-15,18H,2-4,6,9-11H2,1H3;;/q;;+1/p-1/b16-12-;;. The quantitative estimate of drug-likeness (QED) is 0.282. The van der Waals surface area contributed by atoms with E-state index in [4.69, 9.17) is 0 Å². The van der Waals surface area contributed by atoms with Crippen molar-refractivity contribution in [3.8, 4) is 0 Å². The van der Waals surface area contributed by atoms with Crippen LogP contribution in [0.2, 0.25) is 0 Å². The largest absolute Gasteiger partial charge is 1.00 e. The van der Waals surface area contributed by atoms with Crippen LogP contribution < -0.4 is 24.0 Å². The minimum absolute atomic E-state index is 0. The van der Waals surface area contributed by atoms with Crippen LogP contribution in [0.4, 0.5) is 0 Å². The summed E-state index contributed by atoms with van der Waals surface area (Å²) in [6, 6.07) is 10.3. The van der Waals surface area contributed by atoms with Gasteiger partial charge < -0.3 is 5.11 Å². The van der Waals surface area contributed by atoms with Crippen molar-refractivity contribution >= 4 is 30.6 Å². The number of hydrogen-bond donors (Lipinski definition) is 0. The van der Waals surface area contributed by atoms with Crippen LogP contribution in [0.1, 0.15) is 51.9 Å². The van der Waals surface area contributed by atoms with Crippen molar-refractivity contribution in [2.75, 3.05) is 0 Å². The molecule has 0 aliphatic heterocycles. The molecule has 4 heteroatoms. The number of unbranched alkanes of at least 4 members (excludes halogenated alkanes) is 4. The molecule has 0 amide bonds. The summed E-state index contributed by atoms with van der Waals surface area (Å²) in [5.41, 5.74) is 0. The summed E-state index contributed by atoms with van der Waals surface area (Å²) in [5.74, 6) is 2.49. The molecule has 0 N–H and O–H groups in total. The van der Waals surface area contributed by atoms with E-state index in [1.807, 2.05) is 24.3 Å². The van der Waals surface area contributed by atoms with Gasteiger partial charge in [-0.15, -0.1) is 17.5 Å². The first kappa shape index (κ1) is 23.6. The van der Waals surface area contributed by atoms with Gasteiger partial charge in [-0.3, -0.25) is 0 Å². The van der Waals surface area contributed by atoms with Crippen LogP contribution in [0.3, 0.4) is 0 Å². The molecule has 0 saturated heterocycles. The molecule has 1 rings (SSSR count). The van der Waals surface area contributed by atoms with Gasteiger partial charge in [0, 0.05) is 29.5 Å². The fourth-order valence-corrected chi connectivity index (χ4v) is 2.56. The van der Waals surface area contributed by atoms with Crippen LogP contribution in [-0.4, -0.2) is 18.9 Å². The van der Waals surface area contributed by atoms with Crippen LogP contribution in [-0.2, 0) is 0 Å². The number of rotatable bonds is 10. The van der Waals surface area contributed by atoms with Crippen molar-refractivity contribution < 1.29 is 24.0 Å². The predicted octanol–water partition coefficient (Wildman–Crippen LogP) is 1.56. The normalized spacial score (nSPS) is 10.6. The number of benzene rings is 1. The molecule has 0 saturated carbocycles. The van der Waals surface area contributed by atoms with Crippen LogP contribution in [0.15, 0.2) is 47.1 Å². The second kappa shape index (κ2) is 16.7. The average molecular weight is 290 g/mol. The summed E-state index contributed by atoms with van der Waals surface area (Å²) < 4.78 is 0. The van der Waals surface area contributed by atoms with E-state index in [0.29, 0.717) is 5.76 Å². The van der Waals surface area contributed by atoms with Gasteiger partial charge in [-0.05, 0) is 31.4 Å². The first-order chi connectivity index (χ1) is 9.33. The molecule has 1 aromatic carbocycles. The number of thioether (sulfide) groups is 1. The van der Waals surface area contributed by atoms with Crippen LogP contribution in [0, 0.1) is 5.75 Å². The van der Waals surface area contributed by atoms with Gasteiger partial charge in [-0.1, -0.05) is 56.9 Å². The summed E-state index contributed by atoms with van der Waals surface area (Å²) in [7, 11) is 0. The molecule has 21 heavy (non-hydrogen) atoms. The first-order valence-corrected chi connectivity index (χ1v) is 8.10. The summed E-state index contributed by atoms with van der Waals surface area (Å²) in [5, 5.41) is 11.6. The van der Waals surface area contributed by atoms with Gasteiger partial charge in [-0.25, -0.2) is 0 Å². The van der Waals surface area contributed by atoms with Gasteiger partial charge in [0.15, 0.2) is 0 Å². The molecule has 0 atom stereocenters. The van der Waals surface area contributed by atoms with Gasteiger partial charge >= 0.3 is 18.9 Å². The molecule has 1 aromatic rings. The second-order valence-electron chi connectivity index (χ2n) is 4.66. The Kier molecular flexibility index (Phi) is 18.7. The monoisotopic (exact) mass is 290 g/mol. The van der Waals surface area contributed by atoms with Gasteiger partial charge in [0.2, 0.25) is 0 Å². The number of hydrogen-bond acceptors (Lipinski definition) is 2. The molecule has 0 aliphatic carbocycles. The number of allylic oxidation sites excluding steroid dienone is 2. The zero-order valence-electron chi connectivity index (χ0n) is 13.8. The van der Waals surface area contributed by atoms with Crippen molar-refractivity contribution in [2.45, 2.75) is 56.8 Å². The molecule has 0 heterocycles. The molecular weight excluding hydrogens is 266 g/mol. The Balaban J connectivity index is 0. The van der Waals surface area contributed by atoms with Crippen molar-refractivity contribution in [3.05, 3.63) is 47.9 Å². The van der Waals surface area contributed by atoms with E-state index in [2.05, 4.69) is 24.8 Å². The Bertz CT molecular complexity index is 355. The van der Waals surface area contributed by atoms with E-state index in [9.17, 15) is 5.11 Å². The second-order valence-corrected chi connectivity index (χ2v) is 5.70. The summed E-state index contributed by atoms with van der Waals surface area (Å²) in [4.78, 5) is 1.26.